The molecule has 0 N–H and O–H groups in total. The van der Waals surface area contributed by atoms with Gasteiger partial charge in [0.1, 0.15) is 6.33 Å². The highest BCUT2D eigenvalue weighted by atomic mass is 35.5. The summed E-state index contributed by atoms with van der Waals surface area (Å²) in [6, 6.07) is 14.9. The zero-order valence-corrected chi connectivity index (χ0v) is 11.3. The first kappa shape index (κ1) is 12.6. The number of nitrogens with zero attached hydrogens (tertiary/aromatic N) is 2. The van der Waals surface area contributed by atoms with Crippen LogP contribution in [-0.2, 0) is 0 Å². The molecule has 0 atom stereocenters. The van der Waals surface area contributed by atoms with E-state index in [1.54, 1.807) is 18.2 Å². The van der Waals surface area contributed by atoms with Gasteiger partial charge < -0.3 is 0 Å². The molecule has 0 amide bonds. The number of fused-ring (bicyclic) bond motifs is 1. The number of imidazole rings is 1. The maximum Gasteiger partial charge on any atom is 0.256 e. The van der Waals surface area contributed by atoms with Crippen LogP contribution in [0.4, 0.5) is 0 Å². The number of hydrogen-bond acceptors (Lipinski definition) is 2. The molecule has 0 saturated carbocycles. The zero-order valence-electron chi connectivity index (χ0n) is 10.5. The summed E-state index contributed by atoms with van der Waals surface area (Å²) in [5, 5.41) is 0.646. The van der Waals surface area contributed by atoms with Crippen LogP contribution in [-0.4, -0.2) is 15.5 Å². The van der Waals surface area contributed by atoms with Gasteiger partial charge in [0.05, 0.1) is 11.0 Å². The Morgan fingerprint density at radius 2 is 2.00 bits per heavy atom. The summed E-state index contributed by atoms with van der Waals surface area (Å²) in [4.78, 5) is 16.4. The molecule has 20 heavy (non-hydrogen) atoms. The van der Waals surface area contributed by atoms with Crippen molar-refractivity contribution >= 4 is 34.6 Å². The highest BCUT2D eigenvalue weighted by Crippen LogP contribution is 2.14. The van der Waals surface area contributed by atoms with E-state index < -0.39 is 0 Å². The Labute approximate surface area is 121 Å². The van der Waals surface area contributed by atoms with Crippen molar-refractivity contribution in [3.05, 3.63) is 71.5 Å². The second kappa shape index (κ2) is 5.31. The van der Waals surface area contributed by atoms with Gasteiger partial charge in [0.15, 0.2) is 0 Å². The average molecular weight is 283 g/mol. The van der Waals surface area contributed by atoms with Crippen LogP contribution in [0.15, 0.2) is 60.9 Å². The lowest BCUT2D eigenvalue weighted by Gasteiger charge is -1.98. The number of aromatic nitrogens is 2. The minimum atomic E-state index is -0.140. The van der Waals surface area contributed by atoms with E-state index in [0.717, 1.165) is 16.6 Å². The summed E-state index contributed by atoms with van der Waals surface area (Å²) < 4.78 is 1.52. The summed E-state index contributed by atoms with van der Waals surface area (Å²) in [5.74, 6) is -0.140. The summed E-state index contributed by atoms with van der Waals surface area (Å²) >= 11 is 5.90. The molecule has 2 aromatic carbocycles. The maximum atomic E-state index is 12.2. The van der Waals surface area contributed by atoms with Crippen molar-refractivity contribution in [1.82, 2.24) is 9.55 Å². The van der Waals surface area contributed by atoms with Crippen LogP contribution in [0.2, 0.25) is 5.02 Å². The van der Waals surface area contributed by atoms with Gasteiger partial charge in [0.25, 0.3) is 5.91 Å². The van der Waals surface area contributed by atoms with Crippen molar-refractivity contribution in [3.63, 3.8) is 0 Å². The van der Waals surface area contributed by atoms with Crippen molar-refractivity contribution < 1.29 is 4.79 Å². The Morgan fingerprint density at radius 3 is 2.85 bits per heavy atom. The van der Waals surface area contributed by atoms with E-state index >= 15 is 0 Å². The number of carbonyl (C=O) groups is 1. The first-order valence-electron chi connectivity index (χ1n) is 6.14. The van der Waals surface area contributed by atoms with E-state index in [2.05, 4.69) is 4.98 Å². The second-order valence-corrected chi connectivity index (χ2v) is 4.77. The molecule has 0 unspecified atom stereocenters. The molecule has 0 aliphatic carbocycles. The van der Waals surface area contributed by atoms with Gasteiger partial charge in [-0.05, 0) is 35.9 Å². The van der Waals surface area contributed by atoms with E-state index in [9.17, 15) is 4.79 Å². The summed E-state index contributed by atoms with van der Waals surface area (Å²) in [7, 11) is 0. The van der Waals surface area contributed by atoms with E-state index in [0.29, 0.717) is 5.02 Å². The Kier molecular flexibility index (Phi) is 3.35. The number of rotatable bonds is 2. The van der Waals surface area contributed by atoms with E-state index in [1.807, 2.05) is 36.4 Å². The molecule has 1 aromatic heterocycles. The van der Waals surface area contributed by atoms with Crippen molar-refractivity contribution in [2.45, 2.75) is 0 Å². The molecule has 0 radical (unpaired) electrons. The molecule has 3 nitrogen and oxygen atoms in total. The molecule has 3 rings (SSSR count). The molecule has 0 saturated heterocycles. The Morgan fingerprint density at radius 1 is 1.15 bits per heavy atom. The Hall–Kier alpha value is -2.39. The quantitative estimate of drug-likeness (QED) is 0.665. The fourth-order valence-corrected chi connectivity index (χ4v) is 2.19. The average Bonchev–Trinajstić information content (AvgIpc) is 2.89. The lowest BCUT2D eigenvalue weighted by atomic mass is 10.2. The third kappa shape index (κ3) is 2.49. The summed E-state index contributed by atoms with van der Waals surface area (Å²) in [5.41, 5.74) is 2.49. The van der Waals surface area contributed by atoms with Crippen LogP contribution < -0.4 is 0 Å². The van der Waals surface area contributed by atoms with Crippen LogP contribution >= 0.6 is 11.6 Å². The Balaban J connectivity index is 1.90. The van der Waals surface area contributed by atoms with Crippen LogP contribution in [0, 0.1) is 0 Å². The van der Waals surface area contributed by atoms with Gasteiger partial charge in [0.2, 0.25) is 0 Å². The van der Waals surface area contributed by atoms with Crippen molar-refractivity contribution in [3.8, 4) is 0 Å². The number of hydrogen-bond donors (Lipinski definition) is 0. The van der Waals surface area contributed by atoms with Gasteiger partial charge in [-0.2, -0.15) is 0 Å². The maximum absolute atomic E-state index is 12.2. The lowest BCUT2D eigenvalue weighted by molar-refractivity contribution is 0.0974. The van der Waals surface area contributed by atoms with Gasteiger partial charge in [-0.3, -0.25) is 9.36 Å². The van der Waals surface area contributed by atoms with E-state index in [-0.39, 0.29) is 5.91 Å². The molecule has 0 bridgehead atoms. The predicted octanol–water partition coefficient (Wildman–Crippen LogP) is 4.04. The number of allylic oxidation sites excluding steroid dienone is 1. The highest BCUT2D eigenvalue weighted by Gasteiger charge is 2.06. The minimum Gasteiger partial charge on any atom is -0.269 e. The zero-order chi connectivity index (χ0) is 13.9. The largest absolute Gasteiger partial charge is 0.269 e. The van der Waals surface area contributed by atoms with Crippen molar-refractivity contribution in [2.24, 2.45) is 0 Å². The Bertz CT molecular complexity index is 805. The summed E-state index contributed by atoms with van der Waals surface area (Å²) in [6.45, 7) is 0. The van der Waals surface area contributed by atoms with E-state index in [4.69, 9.17) is 11.6 Å². The molecule has 98 valence electrons. The molecule has 4 heteroatoms. The lowest BCUT2D eigenvalue weighted by Crippen LogP contribution is -2.05. The SMILES string of the molecule is O=C(/C=C/c1cccc(Cl)c1)n1cnc2ccccc21. The van der Waals surface area contributed by atoms with Crippen LogP contribution in [0.1, 0.15) is 10.4 Å². The molecule has 0 aliphatic rings. The van der Waals surface area contributed by atoms with Crippen LogP contribution in [0.3, 0.4) is 0 Å². The molecule has 3 aromatic rings. The van der Waals surface area contributed by atoms with Crippen LogP contribution in [0.5, 0.6) is 0 Å². The van der Waals surface area contributed by atoms with Crippen molar-refractivity contribution in [1.29, 1.82) is 0 Å². The first-order chi connectivity index (χ1) is 9.74. The number of para-hydroxylation sites is 2. The summed E-state index contributed by atoms with van der Waals surface area (Å²) in [6.07, 6.45) is 4.79. The normalized spacial score (nSPS) is 11.2. The fourth-order valence-electron chi connectivity index (χ4n) is 1.99. The van der Waals surface area contributed by atoms with Gasteiger partial charge >= 0.3 is 0 Å². The monoisotopic (exact) mass is 282 g/mol. The molecule has 0 spiro atoms. The van der Waals surface area contributed by atoms with Gasteiger partial charge in [0, 0.05) is 11.1 Å². The van der Waals surface area contributed by atoms with E-state index in [1.165, 1.54) is 17.0 Å². The number of benzene rings is 2. The standard InChI is InChI=1S/C16H11ClN2O/c17-13-5-3-4-12(10-13)8-9-16(20)19-11-18-14-6-1-2-7-15(14)19/h1-11H/b9-8+. The molecule has 0 aliphatic heterocycles. The third-order valence-corrected chi connectivity index (χ3v) is 3.19. The second-order valence-electron chi connectivity index (χ2n) is 4.33. The minimum absolute atomic E-state index is 0.140. The van der Waals surface area contributed by atoms with Gasteiger partial charge in [-0.1, -0.05) is 35.9 Å². The van der Waals surface area contributed by atoms with Gasteiger partial charge in [-0.15, -0.1) is 0 Å². The molecule has 0 fully saturated rings. The topological polar surface area (TPSA) is 34.9 Å². The third-order valence-electron chi connectivity index (χ3n) is 2.96. The number of halogens is 1. The fraction of sp³-hybridized carbons (Fsp3) is 0. The van der Waals surface area contributed by atoms with Gasteiger partial charge in [-0.25, -0.2) is 4.98 Å². The molecular weight excluding hydrogens is 272 g/mol. The number of carbonyl (C=O) groups excluding carboxylic acids is 1. The van der Waals surface area contributed by atoms with Crippen LogP contribution in [0.25, 0.3) is 17.1 Å². The molecular formula is C16H11ClN2O. The first-order valence-corrected chi connectivity index (χ1v) is 6.52. The van der Waals surface area contributed by atoms with Crippen molar-refractivity contribution in [2.75, 3.05) is 0 Å². The predicted molar refractivity (Wildman–Crippen MR) is 80.8 cm³/mol. The smallest absolute Gasteiger partial charge is 0.256 e. The highest BCUT2D eigenvalue weighted by molar-refractivity contribution is 6.30. The molecule has 1 heterocycles.